The van der Waals surface area contributed by atoms with Crippen LogP contribution in [0.5, 0.6) is 0 Å². The molecule has 0 spiro atoms. The van der Waals surface area contributed by atoms with Gasteiger partial charge in [-0.05, 0) is 24.3 Å². The second-order valence-corrected chi connectivity index (χ2v) is 4.80. The molecule has 0 aliphatic heterocycles. The Bertz CT molecular complexity index is 610. The molecule has 0 amide bonds. The first kappa shape index (κ1) is 16.2. The molecule has 0 unspecified atom stereocenters. The molecule has 0 saturated carbocycles. The molecule has 0 radical (unpaired) electrons. The maximum Gasteiger partial charge on any atom is 0.335 e. The molecule has 4 N–H and O–H groups in total. The number of benzene rings is 1. The van der Waals surface area contributed by atoms with E-state index in [9.17, 15) is 4.79 Å². The van der Waals surface area contributed by atoms with Crippen LogP contribution in [0.1, 0.15) is 16.1 Å². The molecule has 0 aliphatic rings. The highest BCUT2D eigenvalue weighted by atomic mass is 16.4. The fraction of sp³-hybridized carbons (Fsp3) is 0.312. The minimum absolute atomic E-state index is 0.136. The van der Waals surface area contributed by atoms with Gasteiger partial charge in [0.2, 0.25) is 0 Å². The van der Waals surface area contributed by atoms with Crippen LogP contribution in [0.25, 0.3) is 11.3 Å². The quantitative estimate of drug-likeness (QED) is 0.522. The number of aliphatic hydroxyl groups excluding tert-OH is 1. The van der Waals surface area contributed by atoms with Crippen molar-refractivity contribution in [1.29, 1.82) is 0 Å². The van der Waals surface area contributed by atoms with Gasteiger partial charge in [0.25, 0.3) is 0 Å². The Balaban J connectivity index is 1.88. The number of aliphatic hydroxyl groups is 1. The Labute approximate surface area is 128 Å². The number of hydrogen-bond donors (Lipinski definition) is 4. The van der Waals surface area contributed by atoms with Crippen molar-refractivity contribution >= 4 is 5.97 Å². The molecule has 0 atom stereocenters. The van der Waals surface area contributed by atoms with E-state index in [-0.39, 0.29) is 12.2 Å². The fourth-order valence-corrected chi connectivity index (χ4v) is 2.03. The van der Waals surface area contributed by atoms with Gasteiger partial charge in [0.05, 0.1) is 18.7 Å². The summed E-state index contributed by atoms with van der Waals surface area (Å²) in [6.45, 7) is 2.86. The second kappa shape index (κ2) is 8.33. The zero-order valence-electron chi connectivity index (χ0n) is 12.2. The summed E-state index contributed by atoms with van der Waals surface area (Å²) in [5.41, 5.74) is 0.985. The molecule has 0 aliphatic carbocycles. The normalized spacial score (nSPS) is 10.8. The third-order valence-corrected chi connectivity index (χ3v) is 3.12. The zero-order chi connectivity index (χ0) is 15.8. The summed E-state index contributed by atoms with van der Waals surface area (Å²) in [6.07, 6.45) is 0. The van der Waals surface area contributed by atoms with E-state index in [4.69, 9.17) is 14.6 Å². The van der Waals surface area contributed by atoms with Crippen LogP contribution in [0.4, 0.5) is 0 Å². The Kier molecular flexibility index (Phi) is 6.14. The topological polar surface area (TPSA) is 94.7 Å². The van der Waals surface area contributed by atoms with Gasteiger partial charge in [-0.3, -0.25) is 0 Å². The Morgan fingerprint density at radius 2 is 1.91 bits per heavy atom. The van der Waals surface area contributed by atoms with Crippen molar-refractivity contribution in [3.63, 3.8) is 0 Å². The highest BCUT2D eigenvalue weighted by Gasteiger charge is 2.08. The minimum atomic E-state index is -0.953. The SMILES string of the molecule is O=C(O)c1cccc(-c2ccc(CNCCNCCO)o2)c1. The second-order valence-electron chi connectivity index (χ2n) is 4.80. The molecule has 0 saturated heterocycles. The van der Waals surface area contributed by atoms with Gasteiger partial charge in [0, 0.05) is 25.2 Å². The van der Waals surface area contributed by atoms with Crippen LogP contribution in [-0.2, 0) is 6.54 Å². The zero-order valence-corrected chi connectivity index (χ0v) is 12.2. The van der Waals surface area contributed by atoms with E-state index in [0.29, 0.717) is 18.8 Å². The number of hydrogen-bond acceptors (Lipinski definition) is 5. The number of nitrogens with one attached hydrogen (secondary N) is 2. The van der Waals surface area contributed by atoms with Crippen LogP contribution >= 0.6 is 0 Å². The summed E-state index contributed by atoms with van der Waals surface area (Å²) in [4.78, 5) is 11.0. The highest BCUT2D eigenvalue weighted by Crippen LogP contribution is 2.23. The first-order valence-corrected chi connectivity index (χ1v) is 7.15. The van der Waals surface area contributed by atoms with E-state index in [1.54, 1.807) is 18.2 Å². The van der Waals surface area contributed by atoms with Gasteiger partial charge in [-0.2, -0.15) is 0 Å². The smallest absolute Gasteiger partial charge is 0.335 e. The molecule has 6 heteroatoms. The summed E-state index contributed by atoms with van der Waals surface area (Å²) < 4.78 is 5.72. The molecule has 118 valence electrons. The Morgan fingerprint density at radius 1 is 1.09 bits per heavy atom. The number of carbonyl (C=O) groups is 1. The molecule has 2 rings (SSSR count). The number of aromatic carboxylic acids is 1. The largest absolute Gasteiger partial charge is 0.478 e. The molecule has 1 aromatic heterocycles. The van der Waals surface area contributed by atoms with E-state index < -0.39 is 5.97 Å². The summed E-state index contributed by atoms with van der Waals surface area (Å²) in [7, 11) is 0. The van der Waals surface area contributed by atoms with Crippen LogP contribution in [0.2, 0.25) is 0 Å². The Hall–Kier alpha value is -2.15. The first-order valence-electron chi connectivity index (χ1n) is 7.15. The van der Waals surface area contributed by atoms with Crippen molar-refractivity contribution < 1.29 is 19.4 Å². The van der Waals surface area contributed by atoms with Crippen molar-refractivity contribution in [2.75, 3.05) is 26.2 Å². The van der Waals surface area contributed by atoms with Crippen molar-refractivity contribution in [2.45, 2.75) is 6.54 Å². The maximum absolute atomic E-state index is 11.0. The van der Waals surface area contributed by atoms with Crippen LogP contribution in [0, 0.1) is 0 Å². The maximum atomic E-state index is 11.0. The van der Waals surface area contributed by atoms with Gasteiger partial charge in [0.15, 0.2) is 0 Å². The molecule has 2 aromatic rings. The van der Waals surface area contributed by atoms with Gasteiger partial charge >= 0.3 is 5.97 Å². The summed E-state index contributed by atoms with van der Waals surface area (Å²) in [5, 5.41) is 23.9. The van der Waals surface area contributed by atoms with E-state index in [2.05, 4.69) is 10.6 Å². The fourth-order valence-electron chi connectivity index (χ4n) is 2.03. The summed E-state index contributed by atoms with van der Waals surface area (Å²) in [6, 6.07) is 10.4. The average Bonchev–Trinajstić information content (AvgIpc) is 3.00. The van der Waals surface area contributed by atoms with Crippen molar-refractivity contribution in [1.82, 2.24) is 10.6 Å². The number of rotatable bonds is 9. The molecule has 0 bridgehead atoms. The van der Waals surface area contributed by atoms with Crippen molar-refractivity contribution in [2.24, 2.45) is 0 Å². The lowest BCUT2D eigenvalue weighted by molar-refractivity contribution is 0.0697. The Morgan fingerprint density at radius 3 is 2.68 bits per heavy atom. The monoisotopic (exact) mass is 304 g/mol. The molecule has 1 heterocycles. The number of carboxylic acid groups (broad SMARTS) is 1. The van der Waals surface area contributed by atoms with E-state index in [1.165, 1.54) is 0 Å². The lowest BCUT2D eigenvalue weighted by Gasteiger charge is -2.04. The van der Waals surface area contributed by atoms with Crippen LogP contribution in [-0.4, -0.2) is 42.4 Å². The summed E-state index contributed by atoms with van der Waals surface area (Å²) >= 11 is 0. The van der Waals surface area contributed by atoms with Gasteiger partial charge in [-0.15, -0.1) is 0 Å². The third kappa shape index (κ3) is 4.70. The molecule has 22 heavy (non-hydrogen) atoms. The predicted octanol–water partition coefficient (Wildman–Crippen LogP) is 1.32. The number of furan rings is 1. The lowest BCUT2D eigenvalue weighted by Crippen LogP contribution is -2.28. The van der Waals surface area contributed by atoms with Gasteiger partial charge in [-0.1, -0.05) is 12.1 Å². The van der Waals surface area contributed by atoms with Crippen LogP contribution in [0.3, 0.4) is 0 Å². The highest BCUT2D eigenvalue weighted by molar-refractivity contribution is 5.89. The lowest BCUT2D eigenvalue weighted by atomic mass is 10.1. The third-order valence-electron chi connectivity index (χ3n) is 3.12. The van der Waals surface area contributed by atoms with E-state index >= 15 is 0 Å². The van der Waals surface area contributed by atoms with Crippen molar-refractivity contribution in [3.8, 4) is 11.3 Å². The number of carboxylic acids is 1. The van der Waals surface area contributed by atoms with Gasteiger partial charge in [-0.25, -0.2) is 4.79 Å². The van der Waals surface area contributed by atoms with Gasteiger partial charge in [0.1, 0.15) is 11.5 Å². The average molecular weight is 304 g/mol. The van der Waals surface area contributed by atoms with Crippen molar-refractivity contribution in [3.05, 3.63) is 47.7 Å². The summed E-state index contributed by atoms with van der Waals surface area (Å²) in [5.74, 6) is 0.488. The van der Waals surface area contributed by atoms with E-state index in [1.807, 2.05) is 18.2 Å². The predicted molar refractivity (Wildman–Crippen MR) is 82.8 cm³/mol. The van der Waals surface area contributed by atoms with Gasteiger partial charge < -0.3 is 25.3 Å². The molecule has 0 fully saturated rings. The van der Waals surface area contributed by atoms with Crippen LogP contribution < -0.4 is 10.6 Å². The standard InChI is InChI=1S/C16H20N2O4/c19-9-8-17-6-7-18-11-14-4-5-15(22-14)12-2-1-3-13(10-12)16(20)21/h1-5,10,17-19H,6-9,11H2,(H,20,21). The van der Waals surface area contributed by atoms with E-state index in [0.717, 1.165) is 24.4 Å². The molecule has 6 nitrogen and oxygen atoms in total. The molecular weight excluding hydrogens is 284 g/mol. The minimum Gasteiger partial charge on any atom is -0.478 e. The van der Waals surface area contributed by atoms with Crippen LogP contribution in [0.15, 0.2) is 40.8 Å². The molecular formula is C16H20N2O4. The first-order chi connectivity index (χ1) is 10.7. The molecule has 1 aromatic carbocycles.